The Morgan fingerprint density at radius 3 is 2.74 bits per heavy atom. The lowest BCUT2D eigenvalue weighted by Crippen LogP contribution is -2.14. The molecule has 0 aliphatic carbocycles. The van der Waals surface area contributed by atoms with Crippen LogP contribution in [0.15, 0.2) is 65.3 Å². The number of fused-ring (bicyclic) bond motifs is 1. The molecule has 27 heavy (non-hydrogen) atoms. The molecule has 0 atom stereocenters. The summed E-state index contributed by atoms with van der Waals surface area (Å²) < 4.78 is 2.14. The Kier molecular flexibility index (Phi) is 5.22. The minimum atomic E-state index is -0.0447. The van der Waals surface area contributed by atoms with Crippen molar-refractivity contribution in [1.29, 1.82) is 0 Å². The van der Waals surface area contributed by atoms with E-state index >= 15 is 0 Å². The number of thiazole rings is 1. The van der Waals surface area contributed by atoms with Gasteiger partial charge in [-0.3, -0.25) is 4.79 Å². The number of imidazole rings is 1. The molecule has 0 fully saturated rings. The van der Waals surface area contributed by atoms with Crippen molar-refractivity contribution in [2.45, 2.75) is 18.6 Å². The van der Waals surface area contributed by atoms with Crippen molar-refractivity contribution in [3.8, 4) is 10.6 Å². The zero-order valence-corrected chi connectivity index (χ0v) is 16.4. The topological polar surface area (TPSA) is 59.8 Å². The van der Waals surface area contributed by atoms with Crippen LogP contribution < -0.4 is 5.32 Å². The third kappa shape index (κ3) is 3.89. The van der Waals surface area contributed by atoms with Gasteiger partial charge < -0.3 is 9.88 Å². The van der Waals surface area contributed by atoms with Crippen molar-refractivity contribution < 1.29 is 4.79 Å². The summed E-state index contributed by atoms with van der Waals surface area (Å²) in [5.74, 6) is 0.272. The average Bonchev–Trinajstić information content (AvgIpc) is 3.34. The van der Waals surface area contributed by atoms with Crippen molar-refractivity contribution in [2.24, 2.45) is 0 Å². The van der Waals surface area contributed by atoms with Crippen molar-refractivity contribution in [1.82, 2.24) is 14.5 Å². The highest BCUT2D eigenvalue weighted by atomic mass is 32.2. The molecule has 0 saturated carbocycles. The molecule has 4 aromatic rings. The summed E-state index contributed by atoms with van der Waals surface area (Å²) in [5.41, 5.74) is 3.89. The van der Waals surface area contributed by atoms with Crippen molar-refractivity contribution in [3.05, 3.63) is 60.1 Å². The Hall–Kier alpha value is -2.64. The van der Waals surface area contributed by atoms with Gasteiger partial charge in [-0.1, -0.05) is 23.9 Å². The van der Waals surface area contributed by atoms with Crippen LogP contribution in [-0.4, -0.2) is 26.2 Å². The van der Waals surface area contributed by atoms with Crippen LogP contribution >= 0.6 is 23.1 Å². The second-order valence-corrected chi connectivity index (χ2v) is 7.72. The number of carbonyl (C=O) groups excluding carboxylic acids is 1. The summed E-state index contributed by atoms with van der Waals surface area (Å²) in [6.07, 6.45) is 1.79. The van der Waals surface area contributed by atoms with Gasteiger partial charge >= 0.3 is 0 Å². The number of nitrogens with one attached hydrogen (secondary N) is 1. The molecule has 5 nitrogen and oxygen atoms in total. The van der Waals surface area contributed by atoms with Crippen LogP contribution in [-0.2, 0) is 11.3 Å². The number of hydrogen-bond acceptors (Lipinski definition) is 5. The van der Waals surface area contributed by atoms with Gasteiger partial charge in [-0.2, -0.15) is 0 Å². The van der Waals surface area contributed by atoms with Crippen molar-refractivity contribution in [3.63, 3.8) is 0 Å². The molecule has 0 unspecified atom stereocenters. The molecular weight excluding hydrogens is 376 g/mol. The Morgan fingerprint density at radius 1 is 1.19 bits per heavy atom. The second kappa shape index (κ2) is 7.94. The van der Waals surface area contributed by atoms with Gasteiger partial charge in [0.25, 0.3) is 0 Å². The van der Waals surface area contributed by atoms with Crippen LogP contribution in [0, 0.1) is 0 Å². The fourth-order valence-corrected chi connectivity index (χ4v) is 4.38. The highest BCUT2D eigenvalue weighted by Crippen LogP contribution is 2.25. The van der Waals surface area contributed by atoms with E-state index in [9.17, 15) is 4.79 Å². The van der Waals surface area contributed by atoms with E-state index in [0.29, 0.717) is 5.75 Å². The molecular formula is C20H18N4OS2. The van der Waals surface area contributed by atoms with E-state index in [1.165, 1.54) is 11.8 Å². The maximum absolute atomic E-state index is 12.3. The van der Waals surface area contributed by atoms with Gasteiger partial charge in [0, 0.05) is 29.4 Å². The number of carbonyl (C=O) groups is 1. The first-order valence-electron chi connectivity index (χ1n) is 8.62. The minimum absolute atomic E-state index is 0.0447. The predicted octanol–water partition coefficient (Wildman–Crippen LogP) is 4.91. The fourth-order valence-electron chi connectivity index (χ4n) is 2.86. The zero-order chi connectivity index (χ0) is 18.6. The zero-order valence-electron chi connectivity index (χ0n) is 14.8. The van der Waals surface area contributed by atoms with Crippen LogP contribution in [0.3, 0.4) is 0 Å². The van der Waals surface area contributed by atoms with Gasteiger partial charge in [-0.05, 0) is 43.3 Å². The van der Waals surface area contributed by atoms with E-state index in [2.05, 4.69) is 32.8 Å². The number of rotatable bonds is 6. The first-order chi connectivity index (χ1) is 13.2. The van der Waals surface area contributed by atoms with Crippen LogP contribution in [0.2, 0.25) is 0 Å². The molecule has 7 heteroatoms. The van der Waals surface area contributed by atoms with Gasteiger partial charge in [0.1, 0.15) is 5.01 Å². The van der Waals surface area contributed by atoms with Crippen molar-refractivity contribution >= 4 is 45.7 Å². The summed E-state index contributed by atoms with van der Waals surface area (Å²) in [6.45, 7) is 2.91. The maximum atomic E-state index is 12.3. The lowest BCUT2D eigenvalue weighted by Gasteiger charge is -2.07. The Balaban J connectivity index is 1.40. The normalized spacial score (nSPS) is 11.0. The molecule has 136 valence electrons. The van der Waals surface area contributed by atoms with Gasteiger partial charge in [0.15, 0.2) is 5.16 Å². The van der Waals surface area contributed by atoms with Gasteiger partial charge in [0.2, 0.25) is 5.91 Å². The van der Waals surface area contributed by atoms with E-state index in [4.69, 9.17) is 0 Å². The molecule has 0 spiro atoms. The second-order valence-electron chi connectivity index (χ2n) is 5.88. The van der Waals surface area contributed by atoms with Gasteiger partial charge in [0.05, 0.1) is 16.8 Å². The lowest BCUT2D eigenvalue weighted by molar-refractivity contribution is -0.113. The number of nitrogens with zero attached hydrogens (tertiary/aromatic N) is 3. The monoisotopic (exact) mass is 394 g/mol. The van der Waals surface area contributed by atoms with Crippen LogP contribution in [0.5, 0.6) is 0 Å². The molecule has 0 bridgehead atoms. The molecule has 2 aromatic heterocycles. The third-order valence-electron chi connectivity index (χ3n) is 4.12. The summed E-state index contributed by atoms with van der Waals surface area (Å²) in [7, 11) is 0. The quantitative estimate of drug-likeness (QED) is 0.472. The third-order valence-corrected chi connectivity index (χ3v) is 5.91. The first-order valence-corrected chi connectivity index (χ1v) is 10.5. The minimum Gasteiger partial charge on any atom is -0.325 e. The summed E-state index contributed by atoms with van der Waals surface area (Å²) in [4.78, 5) is 21.3. The predicted molar refractivity (Wildman–Crippen MR) is 112 cm³/mol. The molecule has 0 radical (unpaired) electrons. The largest absolute Gasteiger partial charge is 0.325 e. The maximum Gasteiger partial charge on any atom is 0.234 e. The Morgan fingerprint density at radius 2 is 2.00 bits per heavy atom. The summed E-state index contributed by atoms with van der Waals surface area (Å²) in [5, 5.41) is 6.73. The first kappa shape index (κ1) is 17.8. The number of thioether (sulfide) groups is 1. The molecule has 2 heterocycles. The van der Waals surface area contributed by atoms with E-state index in [-0.39, 0.29) is 5.91 Å². The standard InChI is InChI=1S/C20H18N4OS2/c1-2-24-17-6-4-3-5-16(17)23-20(24)27-13-18(25)22-15-9-7-14(8-10-15)19-21-11-12-26-19/h3-12H,2,13H2,1H3,(H,22,25). The van der Waals surface area contributed by atoms with E-state index < -0.39 is 0 Å². The summed E-state index contributed by atoms with van der Waals surface area (Å²) >= 11 is 3.05. The highest BCUT2D eigenvalue weighted by molar-refractivity contribution is 7.99. The number of benzene rings is 2. The van der Waals surface area contributed by atoms with E-state index in [1.54, 1.807) is 17.5 Å². The number of para-hydroxylation sites is 2. The van der Waals surface area contributed by atoms with Gasteiger partial charge in [-0.15, -0.1) is 11.3 Å². The molecule has 1 amide bonds. The van der Waals surface area contributed by atoms with Crippen LogP contribution in [0.1, 0.15) is 6.92 Å². The number of aromatic nitrogens is 3. The molecule has 2 aromatic carbocycles. The SMILES string of the molecule is CCn1c(SCC(=O)Nc2ccc(-c3nccs3)cc2)nc2ccccc21. The molecule has 1 N–H and O–H groups in total. The van der Waals surface area contributed by atoms with Crippen molar-refractivity contribution in [2.75, 3.05) is 11.1 Å². The number of anilines is 1. The number of hydrogen-bond donors (Lipinski definition) is 1. The van der Waals surface area contributed by atoms with Crippen LogP contribution in [0.25, 0.3) is 21.6 Å². The number of aryl methyl sites for hydroxylation is 1. The number of amides is 1. The lowest BCUT2D eigenvalue weighted by atomic mass is 10.2. The van der Waals surface area contributed by atoms with Gasteiger partial charge in [-0.25, -0.2) is 9.97 Å². The fraction of sp³-hybridized carbons (Fsp3) is 0.150. The van der Waals surface area contributed by atoms with E-state index in [0.717, 1.165) is 39.0 Å². The highest BCUT2D eigenvalue weighted by Gasteiger charge is 2.12. The smallest absolute Gasteiger partial charge is 0.234 e. The Labute approximate surface area is 165 Å². The summed E-state index contributed by atoms with van der Waals surface area (Å²) in [6, 6.07) is 15.8. The molecule has 4 rings (SSSR count). The average molecular weight is 395 g/mol. The molecule has 0 aliphatic heterocycles. The van der Waals surface area contributed by atoms with E-state index in [1.807, 2.05) is 47.8 Å². The molecule has 0 saturated heterocycles. The Bertz CT molecular complexity index is 1060. The molecule has 0 aliphatic rings. The van der Waals surface area contributed by atoms with Crippen LogP contribution in [0.4, 0.5) is 5.69 Å².